The molecule has 1 aromatic heterocycles. The highest BCUT2D eigenvalue weighted by Gasteiger charge is 2.52. The van der Waals surface area contributed by atoms with Crippen LogP contribution in [0.1, 0.15) is 74.1 Å². The van der Waals surface area contributed by atoms with Crippen molar-refractivity contribution in [1.29, 1.82) is 0 Å². The maximum Gasteiger partial charge on any atom is 0.498 e. The number of hydrogen-bond acceptors (Lipinski definition) is 6. The third-order valence-electron chi connectivity index (χ3n) is 7.29. The minimum atomic E-state index is -0.453. The number of hydrogen-bond donors (Lipinski definition) is 0. The topological polar surface area (TPSA) is 75.0 Å². The lowest BCUT2D eigenvalue weighted by Crippen LogP contribution is -2.45. The number of nitrogens with zero attached hydrogens (tertiary/aromatic N) is 3. The van der Waals surface area contributed by atoms with Crippen LogP contribution >= 0.6 is 0 Å². The van der Waals surface area contributed by atoms with Crippen molar-refractivity contribution in [2.24, 2.45) is 5.92 Å². The van der Waals surface area contributed by atoms with E-state index in [1.165, 1.54) is 0 Å². The Morgan fingerprint density at radius 1 is 1.12 bits per heavy atom. The van der Waals surface area contributed by atoms with Gasteiger partial charge in [0.15, 0.2) is 0 Å². The fourth-order valence-electron chi connectivity index (χ4n) is 4.55. The number of piperidine rings is 1. The van der Waals surface area contributed by atoms with E-state index in [0.29, 0.717) is 25.1 Å². The second kappa shape index (κ2) is 8.89. The number of ether oxygens (including phenoxy) is 2. The van der Waals surface area contributed by atoms with E-state index in [0.717, 1.165) is 37.7 Å². The Balaban J connectivity index is 1.16. The number of likely N-dealkylation sites (tertiary alicyclic amines) is 1. The molecule has 1 saturated carbocycles. The minimum Gasteiger partial charge on any atom is -0.444 e. The first-order valence-corrected chi connectivity index (χ1v) is 12.3. The monoisotopic (exact) mass is 461 g/mol. The molecule has 0 radical (unpaired) electrons. The van der Waals surface area contributed by atoms with Crippen molar-refractivity contribution in [1.82, 2.24) is 14.7 Å². The summed E-state index contributed by atoms with van der Waals surface area (Å²) in [6, 6.07) is 0. The zero-order valence-electron chi connectivity index (χ0n) is 21.3. The molecule has 33 heavy (non-hydrogen) atoms. The Hall–Kier alpha value is -1.58. The first-order valence-electron chi connectivity index (χ1n) is 12.3. The van der Waals surface area contributed by atoms with Gasteiger partial charge in [-0.1, -0.05) is 0 Å². The summed E-state index contributed by atoms with van der Waals surface area (Å²) in [4.78, 5) is 14.0. The molecule has 0 spiro atoms. The second-order valence-electron chi connectivity index (χ2n) is 11.8. The van der Waals surface area contributed by atoms with Crippen molar-refractivity contribution in [3.05, 3.63) is 12.4 Å². The Morgan fingerprint density at radius 2 is 1.73 bits per heavy atom. The maximum absolute atomic E-state index is 12.2. The van der Waals surface area contributed by atoms with Gasteiger partial charge in [-0.2, -0.15) is 5.10 Å². The molecule has 2 saturated heterocycles. The molecule has 1 aliphatic carbocycles. The van der Waals surface area contributed by atoms with Gasteiger partial charge in [0.1, 0.15) is 5.60 Å². The van der Waals surface area contributed by atoms with Gasteiger partial charge in [-0.25, -0.2) is 4.79 Å². The fraction of sp³-hybridized carbons (Fsp3) is 0.833. The maximum atomic E-state index is 12.2. The van der Waals surface area contributed by atoms with Gasteiger partial charge in [0.25, 0.3) is 0 Å². The zero-order valence-corrected chi connectivity index (χ0v) is 21.3. The molecule has 1 aromatic rings. The van der Waals surface area contributed by atoms with Crippen molar-refractivity contribution in [3.63, 3.8) is 0 Å². The van der Waals surface area contributed by atoms with Gasteiger partial charge in [-0.3, -0.25) is 4.68 Å². The van der Waals surface area contributed by atoms with Crippen molar-refractivity contribution in [2.75, 3.05) is 13.1 Å². The van der Waals surface area contributed by atoms with Crippen molar-refractivity contribution in [2.45, 2.75) is 110 Å². The van der Waals surface area contributed by atoms with Crippen LogP contribution in [0.15, 0.2) is 12.4 Å². The van der Waals surface area contributed by atoms with Gasteiger partial charge < -0.3 is 23.7 Å². The number of rotatable bonds is 5. The third kappa shape index (κ3) is 5.74. The van der Waals surface area contributed by atoms with Gasteiger partial charge in [-0.15, -0.1) is 0 Å². The molecule has 0 bridgehead atoms. The predicted octanol–water partition coefficient (Wildman–Crippen LogP) is 3.38. The lowest BCUT2D eigenvalue weighted by atomic mass is 9.81. The normalized spacial score (nSPS) is 27.5. The highest BCUT2D eigenvalue weighted by atomic mass is 16.7. The van der Waals surface area contributed by atoms with Crippen LogP contribution < -0.4 is 5.46 Å². The molecule has 0 atom stereocenters. The molecule has 184 valence electrons. The van der Waals surface area contributed by atoms with E-state index >= 15 is 0 Å². The van der Waals surface area contributed by atoms with E-state index in [9.17, 15) is 4.79 Å². The minimum absolute atomic E-state index is 0.219. The van der Waals surface area contributed by atoms with E-state index < -0.39 is 5.60 Å². The van der Waals surface area contributed by atoms with Gasteiger partial charge in [-0.05, 0) is 80.1 Å². The molecule has 1 amide bonds. The van der Waals surface area contributed by atoms with Gasteiger partial charge in [0.05, 0.1) is 23.4 Å². The third-order valence-corrected chi connectivity index (χ3v) is 7.29. The van der Waals surface area contributed by atoms with Crippen LogP contribution in [0.2, 0.25) is 0 Å². The van der Waals surface area contributed by atoms with Crippen LogP contribution in [0.3, 0.4) is 0 Å². The molecule has 2 aliphatic heterocycles. The SMILES string of the molecule is CC(C)(C)OC(=O)N1CCC(O[C@H]2C[C@H](Cn3cc(B4OC(C)(C)C(C)(C)O4)cn3)C2)CC1. The summed E-state index contributed by atoms with van der Waals surface area (Å²) in [6.07, 6.45) is 8.07. The van der Waals surface area contributed by atoms with Crippen molar-refractivity contribution >= 4 is 18.7 Å². The number of carbonyl (C=O) groups is 1. The van der Waals surface area contributed by atoms with E-state index in [2.05, 4.69) is 32.8 Å². The standard InChI is InChI=1S/C24H40BN3O5/c1-22(2,3)31-21(29)27-10-8-19(9-11-27)30-20-12-17(13-20)15-28-16-18(14-26-28)25-32-23(4,5)24(6,7)33-25/h14,16-17,19-20H,8-13,15H2,1-7H3/t17-,20-. The summed E-state index contributed by atoms with van der Waals surface area (Å²) in [5.74, 6) is 0.572. The summed E-state index contributed by atoms with van der Waals surface area (Å²) < 4.78 is 26.0. The Bertz CT molecular complexity index is 819. The summed E-state index contributed by atoms with van der Waals surface area (Å²) in [5.41, 5.74) is -0.175. The molecule has 3 aliphatic rings. The van der Waals surface area contributed by atoms with E-state index in [-0.39, 0.29) is 30.5 Å². The Labute approximate surface area is 198 Å². The molecule has 3 fully saturated rings. The van der Waals surface area contributed by atoms with Crippen LogP contribution in [0.4, 0.5) is 4.79 Å². The molecule has 9 heteroatoms. The van der Waals surface area contributed by atoms with Crippen LogP contribution in [0.5, 0.6) is 0 Å². The van der Waals surface area contributed by atoms with Crippen molar-refractivity contribution < 1.29 is 23.6 Å². The molecule has 8 nitrogen and oxygen atoms in total. The van der Waals surface area contributed by atoms with Crippen LogP contribution in [0.25, 0.3) is 0 Å². The molecule has 3 heterocycles. The lowest BCUT2D eigenvalue weighted by molar-refractivity contribution is -0.0962. The average molecular weight is 461 g/mol. The van der Waals surface area contributed by atoms with Gasteiger partial charge >= 0.3 is 13.2 Å². The van der Waals surface area contributed by atoms with E-state index in [1.54, 1.807) is 4.90 Å². The van der Waals surface area contributed by atoms with E-state index in [1.807, 2.05) is 37.8 Å². The number of amides is 1. The fourth-order valence-corrected chi connectivity index (χ4v) is 4.55. The van der Waals surface area contributed by atoms with Crippen LogP contribution in [-0.4, -0.2) is 70.0 Å². The summed E-state index contributed by atoms with van der Waals surface area (Å²) in [5, 5.41) is 4.54. The molecule has 0 N–H and O–H groups in total. The smallest absolute Gasteiger partial charge is 0.444 e. The summed E-state index contributed by atoms with van der Waals surface area (Å²) in [6.45, 7) is 16.2. The summed E-state index contributed by atoms with van der Waals surface area (Å²) >= 11 is 0. The van der Waals surface area contributed by atoms with Crippen LogP contribution in [0, 0.1) is 5.92 Å². The molecule has 4 rings (SSSR count). The van der Waals surface area contributed by atoms with Gasteiger partial charge in [0.2, 0.25) is 0 Å². The number of aromatic nitrogens is 2. The average Bonchev–Trinajstić information content (AvgIpc) is 3.21. The lowest BCUT2D eigenvalue weighted by Gasteiger charge is -2.40. The number of carbonyl (C=O) groups excluding carboxylic acids is 1. The first kappa shape index (κ1) is 24.5. The second-order valence-corrected chi connectivity index (χ2v) is 11.8. The van der Waals surface area contributed by atoms with E-state index in [4.69, 9.17) is 18.8 Å². The van der Waals surface area contributed by atoms with Crippen LogP contribution in [-0.2, 0) is 25.3 Å². The Morgan fingerprint density at radius 3 is 2.30 bits per heavy atom. The van der Waals surface area contributed by atoms with Crippen molar-refractivity contribution in [3.8, 4) is 0 Å². The molecular formula is C24H40BN3O5. The first-order chi connectivity index (χ1) is 15.3. The molecular weight excluding hydrogens is 421 g/mol. The zero-order chi connectivity index (χ0) is 24.0. The predicted molar refractivity (Wildman–Crippen MR) is 126 cm³/mol. The highest BCUT2D eigenvalue weighted by Crippen LogP contribution is 2.37. The highest BCUT2D eigenvalue weighted by molar-refractivity contribution is 6.61. The molecule has 0 unspecified atom stereocenters. The quantitative estimate of drug-likeness (QED) is 0.626. The largest absolute Gasteiger partial charge is 0.498 e. The van der Waals surface area contributed by atoms with Gasteiger partial charge in [0, 0.05) is 37.5 Å². The molecule has 0 aromatic carbocycles. The summed E-state index contributed by atoms with van der Waals surface area (Å²) in [7, 11) is -0.368. The Kier molecular flexibility index (Phi) is 6.62.